The number of aliphatic hydroxyl groups is 2. The quantitative estimate of drug-likeness (QED) is 0.0740. The van der Waals surface area contributed by atoms with E-state index in [1.165, 1.54) is 7.85 Å². The van der Waals surface area contributed by atoms with Crippen LogP contribution in [0, 0.1) is 0 Å². The van der Waals surface area contributed by atoms with E-state index in [1.54, 1.807) is 0 Å². The summed E-state index contributed by atoms with van der Waals surface area (Å²) in [6.45, 7) is 0. The molecule has 8 aromatic rings. The molecule has 50 heavy (non-hydrogen) atoms. The van der Waals surface area contributed by atoms with Gasteiger partial charge in [0, 0.05) is 22.9 Å². The molecule has 1 heterocycles. The third kappa shape index (κ3) is 4.16. The van der Waals surface area contributed by atoms with Gasteiger partial charge in [0.1, 0.15) is 19.2 Å². The van der Waals surface area contributed by atoms with Crippen molar-refractivity contribution in [1.29, 1.82) is 0 Å². The number of fused-ring (bicyclic) bond motifs is 6. The Balaban J connectivity index is 1.33. The molecule has 0 amide bonds. The highest BCUT2D eigenvalue weighted by Crippen LogP contribution is 2.50. The first-order valence-corrected chi connectivity index (χ1v) is 16.4. The zero-order valence-electron chi connectivity index (χ0n) is 26.9. The molecule has 0 unspecified atom stereocenters. The topological polar surface area (TPSA) is 114 Å². The van der Waals surface area contributed by atoms with Crippen LogP contribution < -0.4 is 5.46 Å². The molecule has 9 rings (SSSR count). The van der Waals surface area contributed by atoms with Crippen molar-refractivity contribution in [2.75, 3.05) is 0 Å². The van der Waals surface area contributed by atoms with E-state index in [0.717, 1.165) is 54.9 Å². The summed E-state index contributed by atoms with van der Waals surface area (Å²) in [5, 5.41) is 59.8. The van der Waals surface area contributed by atoms with E-state index in [2.05, 4.69) is 60.7 Å². The Kier molecular flexibility index (Phi) is 6.48. The number of furan rings is 1. The summed E-state index contributed by atoms with van der Waals surface area (Å²) in [7, 11) is 1.50. The Morgan fingerprint density at radius 3 is 1.64 bits per heavy atom. The molecule has 0 radical (unpaired) electrons. The molecule has 1 aromatic heterocycles. The van der Waals surface area contributed by atoms with Gasteiger partial charge in [-0.2, -0.15) is 0 Å². The van der Waals surface area contributed by atoms with Gasteiger partial charge in [0.25, 0.3) is 0 Å². The Hall–Kier alpha value is -6.60. The van der Waals surface area contributed by atoms with Crippen molar-refractivity contribution in [1.82, 2.24) is 0 Å². The van der Waals surface area contributed by atoms with Gasteiger partial charge in [-0.3, -0.25) is 0 Å². The number of benzene rings is 7. The number of phenols is 3. The highest BCUT2D eigenvalue weighted by Gasteiger charge is 2.33. The van der Waals surface area contributed by atoms with Crippen molar-refractivity contribution in [3.05, 3.63) is 144 Å². The van der Waals surface area contributed by atoms with Crippen LogP contribution in [-0.2, 0) is 6.42 Å². The third-order valence-electron chi connectivity index (χ3n) is 10.1. The molecule has 0 fully saturated rings. The standard InChI is InChI=1S/C43H29BO6/c44-38-36-30(39(45)43(49)42(38)48)21-32-37(41(47)40(36)46)35-29(15-8-16-31(35)50-32)34-27-13-6-4-11-25(27)33(26-12-5-7-14-28(26)34)24-19-17-23(18-20-24)22-9-2-1-3-10-22/h1-20,45-49H,21,44H2. The molecule has 0 bridgehead atoms. The second kappa shape index (κ2) is 11.0. The van der Waals surface area contributed by atoms with Crippen LogP contribution in [0.3, 0.4) is 0 Å². The van der Waals surface area contributed by atoms with Crippen molar-refractivity contribution in [2.24, 2.45) is 0 Å². The summed E-state index contributed by atoms with van der Waals surface area (Å²) in [6.07, 6.45) is -0.0488. The molecule has 0 aliphatic heterocycles. The molecule has 0 saturated heterocycles. The van der Waals surface area contributed by atoms with E-state index < -0.39 is 28.8 Å². The number of phenolic OH excluding ortho intramolecular Hbond substituents is 3. The summed E-state index contributed by atoms with van der Waals surface area (Å²) in [5.41, 5.74) is 7.31. The molecular formula is C43H29BO6. The number of hydrogen-bond acceptors (Lipinski definition) is 6. The lowest BCUT2D eigenvalue weighted by Gasteiger charge is -2.18. The molecule has 7 aromatic carbocycles. The Morgan fingerprint density at radius 1 is 0.460 bits per heavy atom. The molecule has 0 saturated carbocycles. The average molecular weight is 653 g/mol. The van der Waals surface area contributed by atoms with E-state index in [0.29, 0.717) is 16.7 Å². The molecule has 240 valence electrons. The van der Waals surface area contributed by atoms with E-state index in [9.17, 15) is 25.5 Å². The zero-order valence-corrected chi connectivity index (χ0v) is 26.9. The second-order valence-electron chi connectivity index (χ2n) is 12.8. The molecule has 0 atom stereocenters. The molecular weight excluding hydrogens is 623 g/mol. The van der Waals surface area contributed by atoms with Crippen LogP contribution in [0.1, 0.15) is 22.5 Å². The lowest BCUT2D eigenvalue weighted by Crippen LogP contribution is -2.14. The fourth-order valence-corrected chi connectivity index (χ4v) is 7.76. The Labute approximate surface area is 287 Å². The molecule has 5 N–H and O–H groups in total. The predicted octanol–water partition coefficient (Wildman–Crippen LogP) is 8.96. The highest BCUT2D eigenvalue weighted by atomic mass is 16.3. The first-order valence-electron chi connectivity index (χ1n) is 16.4. The lowest BCUT2D eigenvalue weighted by atomic mass is 9.84. The van der Waals surface area contributed by atoms with Crippen LogP contribution in [0.2, 0.25) is 0 Å². The van der Waals surface area contributed by atoms with Gasteiger partial charge in [-0.1, -0.05) is 115 Å². The smallest absolute Gasteiger partial charge is 0.200 e. The van der Waals surface area contributed by atoms with Crippen molar-refractivity contribution >= 4 is 57.3 Å². The number of rotatable bonds is 3. The van der Waals surface area contributed by atoms with Crippen molar-refractivity contribution in [3.8, 4) is 50.6 Å². The summed E-state index contributed by atoms with van der Waals surface area (Å²) >= 11 is 0. The van der Waals surface area contributed by atoms with Crippen molar-refractivity contribution in [2.45, 2.75) is 6.42 Å². The minimum absolute atomic E-state index is 0.0471. The molecule has 7 heteroatoms. The summed E-state index contributed by atoms with van der Waals surface area (Å²) in [5.74, 6) is -2.51. The molecule has 6 nitrogen and oxygen atoms in total. The largest absolute Gasteiger partial charge is 0.505 e. The first kappa shape index (κ1) is 29.5. The molecule has 1 aliphatic carbocycles. The second-order valence-corrected chi connectivity index (χ2v) is 12.8. The number of aromatic hydroxyl groups is 3. The van der Waals surface area contributed by atoms with Crippen LogP contribution in [0.25, 0.3) is 77.4 Å². The van der Waals surface area contributed by atoms with E-state index in [-0.39, 0.29) is 28.6 Å². The zero-order chi connectivity index (χ0) is 34.3. The monoisotopic (exact) mass is 652 g/mol. The van der Waals surface area contributed by atoms with Gasteiger partial charge in [0.15, 0.2) is 28.8 Å². The number of hydrogen-bond donors (Lipinski definition) is 5. The van der Waals surface area contributed by atoms with Crippen LogP contribution >= 0.6 is 0 Å². The van der Waals surface area contributed by atoms with Gasteiger partial charge >= 0.3 is 0 Å². The summed E-state index contributed by atoms with van der Waals surface area (Å²) in [4.78, 5) is 0. The SMILES string of the molecule is Bc1c(O)c(O)c(O)c2c1C(O)=C(O)c1c(oc3cccc(-c4c5ccccc5c(-c5ccc(-c6ccccc6)cc5)c5ccccc45)c13)C2. The van der Waals surface area contributed by atoms with Crippen LogP contribution in [0.5, 0.6) is 17.2 Å². The Morgan fingerprint density at radius 2 is 1.00 bits per heavy atom. The average Bonchev–Trinajstić information content (AvgIpc) is 3.49. The van der Waals surface area contributed by atoms with Gasteiger partial charge in [-0.25, -0.2) is 0 Å². The van der Waals surface area contributed by atoms with Gasteiger partial charge in [-0.05, 0) is 66.5 Å². The van der Waals surface area contributed by atoms with E-state index in [1.807, 2.05) is 60.7 Å². The molecule has 1 aliphatic rings. The van der Waals surface area contributed by atoms with Crippen LogP contribution in [-0.4, -0.2) is 33.4 Å². The Bertz CT molecular complexity index is 2670. The minimum Gasteiger partial charge on any atom is -0.505 e. The number of aliphatic hydroxyl groups excluding tert-OH is 2. The van der Waals surface area contributed by atoms with Crippen LogP contribution in [0.15, 0.2) is 126 Å². The molecule has 0 spiro atoms. The third-order valence-corrected chi connectivity index (χ3v) is 10.1. The van der Waals surface area contributed by atoms with Gasteiger partial charge in [0.05, 0.1) is 5.56 Å². The summed E-state index contributed by atoms with van der Waals surface area (Å²) < 4.78 is 6.38. The van der Waals surface area contributed by atoms with Crippen molar-refractivity contribution < 1.29 is 29.9 Å². The summed E-state index contributed by atoms with van der Waals surface area (Å²) in [6, 6.07) is 41.2. The van der Waals surface area contributed by atoms with Gasteiger partial charge in [-0.15, -0.1) is 0 Å². The normalized spacial score (nSPS) is 12.7. The van der Waals surface area contributed by atoms with Crippen molar-refractivity contribution in [3.63, 3.8) is 0 Å². The fraction of sp³-hybridized carbons (Fsp3) is 0.0233. The van der Waals surface area contributed by atoms with Crippen LogP contribution in [0.4, 0.5) is 0 Å². The minimum atomic E-state index is -0.693. The lowest BCUT2D eigenvalue weighted by molar-refractivity contribution is 0.366. The van der Waals surface area contributed by atoms with Gasteiger partial charge in [0.2, 0.25) is 0 Å². The maximum Gasteiger partial charge on any atom is 0.200 e. The highest BCUT2D eigenvalue weighted by molar-refractivity contribution is 6.37. The maximum absolute atomic E-state index is 11.8. The first-order chi connectivity index (χ1) is 24.3. The van der Waals surface area contributed by atoms with Gasteiger partial charge < -0.3 is 29.9 Å². The fourth-order valence-electron chi connectivity index (χ4n) is 7.76. The van der Waals surface area contributed by atoms with E-state index in [4.69, 9.17) is 4.42 Å². The maximum atomic E-state index is 11.8. The van der Waals surface area contributed by atoms with E-state index >= 15 is 0 Å². The predicted molar refractivity (Wildman–Crippen MR) is 202 cm³/mol.